The summed E-state index contributed by atoms with van der Waals surface area (Å²) < 4.78 is 14.1. The summed E-state index contributed by atoms with van der Waals surface area (Å²) in [6.07, 6.45) is 3.38. The molecule has 1 aromatic carbocycles. The second-order valence-electron chi connectivity index (χ2n) is 4.46. The number of hydrogen-bond acceptors (Lipinski definition) is 2. The quantitative estimate of drug-likeness (QED) is 0.792. The minimum atomic E-state index is -0.494. The van der Waals surface area contributed by atoms with Gasteiger partial charge in [-0.1, -0.05) is 15.9 Å². The number of carbonyl (C=O) groups is 1. The van der Waals surface area contributed by atoms with E-state index in [9.17, 15) is 9.18 Å². The lowest BCUT2D eigenvalue weighted by molar-refractivity contribution is 0.0949. The van der Waals surface area contributed by atoms with Crippen LogP contribution in [0.5, 0.6) is 0 Å². The van der Waals surface area contributed by atoms with E-state index in [0.29, 0.717) is 17.1 Å². The Morgan fingerprint density at radius 2 is 2.17 bits per heavy atom. The zero-order valence-corrected chi connectivity index (χ0v) is 11.6. The van der Waals surface area contributed by atoms with Gasteiger partial charge in [-0.15, -0.1) is 0 Å². The molecule has 0 atom stereocenters. The fourth-order valence-electron chi connectivity index (χ4n) is 1.65. The molecule has 0 bridgehead atoms. The van der Waals surface area contributed by atoms with Crippen molar-refractivity contribution in [3.63, 3.8) is 0 Å². The van der Waals surface area contributed by atoms with Gasteiger partial charge in [-0.05, 0) is 44.0 Å². The second kappa shape index (κ2) is 6.29. The second-order valence-corrected chi connectivity index (χ2v) is 5.38. The Labute approximate surface area is 114 Å². The van der Waals surface area contributed by atoms with Crippen LogP contribution in [-0.2, 0) is 0 Å². The summed E-state index contributed by atoms with van der Waals surface area (Å²) in [6.45, 7) is 1.45. The van der Waals surface area contributed by atoms with E-state index in [-0.39, 0.29) is 11.5 Å². The highest BCUT2D eigenvalue weighted by atomic mass is 79.9. The third-order valence-corrected chi connectivity index (χ3v) is 3.32. The topological polar surface area (TPSA) is 41.1 Å². The lowest BCUT2D eigenvalue weighted by Crippen LogP contribution is -2.28. The minimum Gasteiger partial charge on any atom is -0.352 e. The summed E-state index contributed by atoms with van der Waals surface area (Å²) in [4.78, 5) is 11.7. The van der Waals surface area contributed by atoms with E-state index in [1.165, 1.54) is 25.0 Å². The zero-order chi connectivity index (χ0) is 13.0. The van der Waals surface area contributed by atoms with Crippen molar-refractivity contribution in [2.45, 2.75) is 25.3 Å². The summed E-state index contributed by atoms with van der Waals surface area (Å²) in [7, 11) is 0. The number of rotatable bonds is 6. The van der Waals surface area contributed by atoms with E-state index < -0.39 is 5.82 Å². The minimum absolute atomic E-state index is 0.0829. The highest BCUT2D eigenvalue weighted by Gasteiger charge is 2.19. The van der Waals surface area contributed by atoms with Crippen molar-refractivity contribution in [2.75, 3.05) is 13.1 Å². The average molecular weight is 315 g/mol. The van der Waals surface area contributed by atoms with Gasteiger partial charge in [-0.3, -0.25) is 4.79 Å². The molecule has 1 aromatic rings. The maximum Gasteiger partial charge on any atom is 0.254 e. The molecule has 1 aliphatic carbocycles. The van der Waals surface area contributed by atoms with Gasteiger partial charge in [-0.25, -0.2) is 4.39 Å². The average Bonchev–Trinajstić information content (AvgIpc) is 3.15. The van der Waals surface area contributed by atoms with Gasteiger partial charge in [0.05, 0.1) is 5.56 Å². The number of benzene rings is 1. The molecule has 2 N–H and O–H groups in total. The predicted molar refractivity (Wildman–Crippen MR) is 72.1 cm³/mol. The molecule has 5 heteroatoms. The van der Waals surface area contributed by atoms with Gasteiger partial charge < -0.3 is 10.6 Å². The number of nitrogens with one attached hydrogen (secondary N) is 2. The predicted octanol–water partition coefficient (Wildman–Crippen LogP) is 2.46. The molecule has 1 aliphatic rings. The van der Waals surface area contributed by atoms with Crippen LogP contribution in [0.2, 0.25) is 0 Å². The van der Waals surface area contributed by atoms with E-state index in [2.05, 4.69) is 26.6 Å². The van der Waals surface area contributed by atoms with Crippen LogP contribution in [0.1, 0.15) is 29.6 Å². The molecule has 0 unspecified atom stereocenters. The molecule has 98 valence electrons. The van der Waals surface area contributed by atoms with Gasteiger partial charge in [0, 0.05) is 17.1 Å². The van der Waals surface area contributed by atoms with Crippen molar-refractivity contribution in [1.29, 1.82) is 0 Å². The Morgan fingerprint density at radius 3 is 2.89 bits per heavy atom. The normalized spacial score (nSPS) is 14.6. The molecule has 18 heavy (non-hydrogen) atoms. The van der Waals surface area contributed by atoms with E-state index in [4.69, 9.17) is 0 Å². The largest absolute Gasteiger partial charge is 0.352 e. The first-order valence-corrected chi connectivity index (χ1v) is 6.93. The molecule has 0 radical (unpaired) electrons. The third kappa shape index (κ3) is 4.07. The molecule has 0 spiro atoms. The molecule has 0 aliphatic heterocycles. The van der Waals surface area contributed by atoms with Gasteiger partial charge in [0.25, 0.3) is 5.91 Å². The number of hydrogen-bond donors (Lipinski definition) is 2. The van der Waals surface area contributed by atoms with Crippen molar-refractivity contribution in [2.24, 2.45) is 0 Å². The van der Waals surface area contributed by atoms with Crippen molar-refractivity contribution in [1.82, 2.24) is 10.6 Å². The molecule has 1 saturated carbocycles. The first-order chi connectivity index (χ1) is 8.66. The highest BCUT2D eigenvalue weighted by molar-refractivity contribution is 9.10. The Kier molecular flexibility index (Phi) is 4.72. The lowest BCUT2D eigenvalue weighted by Gasteiger charge is -2.07. The molecule has 0 heterocycles. The first kappa shape index (κ1) is 13.5. The standard InChI is InChI=1S/C13H16BrFN2O/c14-9-2-5-12(15)11(8-9)13(18)17-7-1-6-16-10-3-4-10/h2,5,8,10,16H,1,3-4,6-7H2,(H,17,18). The molecule has 2 rings (SSSR count). The third-order valence-electron chi connectivity index (χ3n) is 2.82. The fraction of sp³-hybridized carbons (Fsp3) is 0.462. The van der Waals surface area contributed by atoms with E-state index in [1.54, 1.807) is 6.07 Å². The summed E-state index contributed by atoms with van der Waals surface area (Å²) in [5.41, 5.74) is 0.0829. The molecule has 0 aromatic heterocycles. The van der Waals surface area contributed by atoms with Crippen LogP contribution >= 0.6 is 15.9 Å². The summed E-state index contributed by atoms with van der Waals surface area (Å²) >= 11 is 3.22. The van der Waals surface area contributed by atoms with Crippen LogP contribution in [0.3, 0.4) is 0 Å². The Balaban J connectivity index is 1.74. The van der Waals surface area contributed by atoms with Crippen LogP contribution in [0.25, 0.3) is 0 Å². The SMILES string of the molecule is O=C(NCCCNC1CC1)c1cc(Br)ccc1F. The van der Waals surface area contributed by atoms with Gasteiger partial charge in [-0.2, -0.15) is 0 Å². The molecule has 1 fully saturated rings. The van der Waals surface area contributed by atoms with E-state index in [1.807, 2.05) is 0 Å². The van der Waals surface area contributed by atoms with Crippen molar-refractivity contribution < 1.29 is 9.18 Å². The number of amides is 1. The van der Waals surface area contributed by atoms with Crippen LogP contribution in [0.15, 0.2) is 22.7 Å². The Morgan fingerprint density at radius 1 is 1.39 bits per heavy atom. The first-order valence-electron chi connectivity index (χ1n) is 6.13. The maximum absolute atomic E-state index is 13.4. The van der Waals surface area contributed by atoms with Crippen molar-refractivity contribution >= 4 is 21.8 Å². The summed E-state index contributed by atoms with van der Waals surface area (Å²) in [5.74, 6) is -0.855. The van der Waals surface area contributed by atoms with Gasteiger partial charge >= 0.3 is 0 Å². The Hall–Kier alpha value is -0.940. The Bertz CT molecular complexity index is 435. The van der Waals surface area contributed by atoms with Crippen LogP contribution in [-0.4, -0.2) is 25.0 Å². The van der Waals surface area contributed by atoms with Gasteiger partial charge in [0.2, 0.25) is 0 Å². The smallest absolute Gasteiger partial charge is 0.254 e. The molecule has 1 amide bonds. The molecule has 3 nitrogen and oxygen atoms in total. The summed E-state index contributed by atoms with van der Waals surface area (Å²) in [5, 5.41) is 6.08. The molecular weight excluding hydrogens is 299 g/mol. The van der Waals surface area contributed by atoms with E-state index in [0.717, 1.165) is 13.0 Å². The monoisotopic (exact) mass is 314 g/mol. The molecule has 0 saturated heterocycles. The van der Waals surface area contributed by atoms with Crippen molar-refractivity contribution in [3.8, 4) is 0 Å². The van der Waals surface area contributed by atoms with Crippen LogP contribution in [0.4, 0.5) is 4.39 Å². The lowest BCUT2D eigenvalue weighted by atomic mass is 10.2. The van der Waals surface area contributed by atoms with E-state index >= 15 is 0 Å². The highest BCUT2D eigenvalue weighted by Crippen LogP contribution is 2.18. The fourth-order valence-corrected chi connectivity index (χ4v) is 2.01. The molecular formula is C13H16BrFN2O. The van der Waals surface area contributed by atoms with Crippen LogP contribution < -0.4 is 10.6 Å². The van der Waals surface area contributed by atoms with Gasteiger partial charge in [0.15, 0.2) is 0 Å². The number of halogens is 2. The van der Waals surface area contributed by atoms with Crippen molar-refractivity contribution in [3.05, 3.63) is 34.1 Å². The number of carbonyl (C=O) groups excluding carboxylic acids is 1. The zero-order valence-electron chi connectivity index (χ0n) is 10.0. The summed E-state index contributed by atoms with van der Waals surface area (Å²) in [6, 6.07) is 5.04. The maximum atomic E-state index is 13.4. The van der Waals surface area contributed by atoms with Crippen LogP contribution in [0, 0.1) is 5.82 Å². The van der Waals surface area contributed by atoms with Gasteiger partial charge in [0.1, 0.15) is 5.82 Å².